The van der Waals surface area contributed by atoms with Crippen LogP contribution in [0.15, 0.2) is 0 Å². The summed E-state index contributed by atoms with van der Waals surface area (Å²) >= 11 is 0. The molecule has 0 aliphatic heterocycles. The average molecular weight is 240 g/mol. The first-order chi connectivity index (χ1) is 5.89. The van der Waals surface area contributed by atoms with Gasteiger partial charge in [-0.2, -0.15) is 0 Å². The van der Waals surface area contributed by atoms with Crippen LogP contribution >= 0.6 is 0 Å². The molecule has 0 amide bonds. The number of rotatable bonds is 6. The molecule has 0 aliphatic carbocycles. The van der Waals surface area contributed by atoms with Crippen LogP contribution < -0.4 is 0 Å². The highest BCUT2D eigenvalue weighted by Gasteiger charge is 2.40. The lowest BCUT2D eigenvalue weighted by atomic mass is 11.8. The Morgan fingerprint density at radius 1 is 1.00 bits per heavy atom. The highest BCUT2D eigenvalue weighted by molar-refractivity contribution is 6.78. The van der Waals surface area contributed by atoms with Gasteiger partial charge in [-0.25, -0.2) is 0 Å². The minimum atomic E-state index is -2.41. The first-order valence-electron chi connectivity index (χ1n) is 4.33. The Kier molecular flexibility index (Phi) is 5.59. The average Bonchev–Trinajstić information content (AvgIpc) is 2.03. The molecule has 0 atom stereocenters. The third kappa shape index (κ3) is 5.05. The Hall–Kier alpha value is 0.491. The molecule has 0 radical (unpaired) electrons. The summed E-state index contributed by atoms with van der Waals surface area (Å²) in [6, 6.07) is 0. The van der Waals surface area contributed by atoms with Crippen molar-refractivity contribution in [3.8, 4) is 0 Å². The van der Waals surface area contributed by atoms with E-state index in [1.165, 1.54) is 0 Å². The van der Waals surface area contributed by atoms with E-state index in [0.29, 0.717) is 0 Å². The van der Waals surface area contributed by atoms with Crippen LogP contribution in [-0.4, -0.2) is 41.3 Å². The van der Waals surface area contributed by atoms with Crippen molar-refractivity contribution < 1.29 is 17.1 Å². The zero-order chi connectivity index (χ0) is 10.5. The Balaban J connectivity index is 4.21. The maximum atomic E-state index is 5.81. The van der Waals surface area contributed by atoms with E-state index in [-0.39, 0.29) is 0 Å². The van der Waals surface area contributed by atoms with Crippen molar-refractivity contribution in [2.75, 3.05) is 14.2 Å². The monoisotopic (exact) mass is 240 g/mol. The molecule has 0 saturated carbocycles. The smallest absolute Gasteiger partial charge is 0.442 e. The van der Waals surface area contributed by atoms with Crippen molar-refractivity contribution in [2.45, 2.75) is 26.2 Å². The van der Waals surface area contributed by atoms with E-state index in [1.54, 1.807) is 14.2 Å². The molecule has 4 nitrogen and oxygen atoms in total. The van der Waals surface area contributed by atoms with E-state index < -0.39 is 27.1 Å². The highest BCUT2D eigenvalue weighted by Crippen LogP contribution is 2.15. The summed E-state index contributed by atoms with van der Waals surface area (Å²) in [5.74, 6) is 0. The van der Waals surface area contributed by atoms with Crippen LogP contribution in [0.4, 0.5) is 0 Å². The van der Waals surface area contributed by atoms with Crippen molar-refractivity contribution in [3.05, 3.63) is 0 Å². The van der Waals surface area contributed by atoms with E-state index in [0.717, 1.165) is 0 Å². The molecule has 13 heavy (non-hydrogen) atoms. The molecule has 0 aromatic rings. The van der Waals surface area contributed by atoms with Crippen LogP contribution in [0, 0.1) is 0 Å². The topological polar surface area (TPSA) is 36.9 Å². The molecule has 0 aliphatic rings. The number of hydrogen-bond donors (Lipinski definition) is 0. The van der Waals surface area contributed by atoms with Crippen LogP contribution in [0.3, 0.4) is 0 Å². The van der Waals surface area contributed by atoms with E-state index in [2.05, 4.69) is 6.55 Å². The largest absolute Gasteiger partial charge is 0.488 e. The molecule has 0 spiro atoms. The second-order valence-electron chi connectivity index (χ2n) is 3.21. The van der Waals surface area contributed by atoms with Gasteiger partial charge in [0.25, 0.3) is 0 Å². The molecule has 0 heterocycles. The van der Waals surface area contributed by atoms with Crippen molar-refractivity contribution in [1.82, 2.24) is 0 Å². The molecule has 0 N–H and O–H groups in total. The normalized spacial score (nSPS) is 14.3. The van der Waals surface area contributed by atoms with Crippen LogP contribution in [-0.2, 0) is 17.1 Å². The minimum absolute atomic E-state index is 0.427. The van der Waals surface area contributed by atoms with Gasteiger partial charge in [0, 0.05) is 20.8 Å². The Labute approximate surface area is 85.1 Å². The molecule has 80 valence electrons. The van der Waals surface area contributed by atoms with Gasteiger partial charge in [-0.1, -0.05) is 6.55 Å². The summed E-state index contributed by atoms with van der Waals surface area (Å²) in [5.41, 5.74) is 0. The van der Waals surface area contributed by atoms with E-state index >= 15 is 0 Å². The van der Waals surface area contributed by atoms with E-state index in [4.69, 9.17) is 17.1 Å². The quantitative estimate of drug-likeness (QED) is 0.641. The summed E-state index contributed by atoms with van der Waals surface area (Å²) in [4.78, 5) is 0. The van der Waals surface area contributed by atoms with Crippen LogP contribution in [0.2, 0.25) is 26.2 Å². The molecule has 0 rings (SSSR count). The Morgan fingerprint density at radius 3 is 1.77 bits per heavy atom. The zero-order valence-electron chi connectivity index (χ0n) is 9.34. The van der Waals surface area contributed by atoms with E-state index in [9.17, 15) is 0 Å². The van der Waals surface area contributed by atoms with Gasteiger partial charge in [-0.05, 0) is 13.1 Å². The summed E-state index contributed by atoms with van der Waals surface area (Å²) in [6.07, 6.45) is 0. The molecule has 0 saturated heterocycles. The third-order valence-corrected chi connectivity index (χ3v) is 10.5. The van der Waals surface area contributed by atoms with Crippen LogP contribution in [0.25, 0.3) is 0 Å². The van der Waals surface area contributed by atoms with Gasteiger partial charge in [0.15, 0.2) is 0 Å². The lowest BCUT2D eigenvalue weighted by Gasteiger charge is -2.31. The van der Waals surface area contributed by atoms with Crippen molar-refractivity contribution in [2.24, 2.45) is 0 Å². The maximum Gasteiger partial charge on any atom is 0.488 e. The van der Waals surface area contributed by atoms with Gasteiger partial charge >= 0.3 is 17.4 Å². The fourth-order valence-electron chi connectivity index (χ4n) is 0.990. The van der Waals surface area contributed by atoms with Crippen molar-refractivity contribution in [1.29, 1.82) is 0 Å². The third-order valence-electron chi connectivity index (χ3n) is 1.66. The standard InChI is InChI=1S/C6H20O4Si3/c1-7-13(6,8-2)10-12(4,5)9-11-3/h11H2,1-6H3. The van der Waals surface area contributed by atoms with Crippen LogP contribution in [0.5, 0.6) is 0 Å². The number of hydrogen-bond acceptors (Lipinski definition) is 4. The van der Waals surface area contributed by atoms with Gasteiger partial charge in [0.2, 0.25) is 0 Å². The van der Waals surface area contributed by atoms with Gasteiger partial charge < -0.3 is 17.1 Å². The second-order valence-corrected chi connectivity index (χ2v) is 11.1. The predicted molar refractivity (Wildman–Crippen MR) is 59.7 cm³/mol. The highest BCUT2D eigenvalue weighted by atomic mass is 28.5. The molecular formula is C6H20O4Si3. The van der Waals surface area contributed by atoms with Crippen molar-refractivity contribution in [3.63, 3.8) is 0 Å². The summed E-state index contributed by atoms with van der Waals surface area (Å²) in [5, 5.41) is 0. The molecule has 0 fully saturated rings. The molecule has 0 aromatic heterocycles. The minimum Gasteiger partial charge on any atom is -0.442 e. The first kappa shape index (κ1) is 13.5. The summed E-state index contributed by atoms with van der Waals surface area (Å²) in [6.45, 7) is 8.01. The van der Waals surface area contributed by atoms with Gasteiger partial charge in [0.05, 0.1) is 0 Å². The lowest BCUT2D eigenvalue weighted by molar-refractivity contribution is 0.155. The van der Waals surface area contributed by atoms with E-state index in [1.807, 2.05) is 19.6 Å². The fourth-order valence-corrected chi connectivity index (χ4v) is 8.94. The zero-order valence-corrected chi connectivity index (χ0v) is 12.8. The molecule has 0 unspecified atom stereocenters. The Morgan fingerprint density at radius 2 is 1.46 bits per heavy atom. The molecular weight excluding hydrogens is 220 g/mol. The fraction of sp³-hybridized carbons (Fsp3) is 1.00. The lowest BCUT2D eigenvalue weighted by Crippen LogP contribution is -2.51. The van der Waals surface area contributed by atoms with Crippen molar-refractivity contribution >= 4 is 27.1 Å². The molecule has 7 heteroatoms. The molecule has 0 bridgehead atoms. The Bertz CT molecular complexity index is 149. The molecule has 0 aromatic carbocycles. The van der Waals surface area contributed by atoms with Gasteiger partial charge in [-0.15, -0.1) is 0 Å². The maximum absolute atomic E-state index is 5.81. The predicted octanol–water partition coefficient (Wildman–Crippen LogP) is 0.715. The van der Waals surface area contributed by atoms with Gasteiger partial charge in [-0.3, -0.25) is 0 Å². The SMILES string of the molecule is CO[Si](C)(OC)O[Si](C)(C)O[SiH2]C. The van der Waals surface area contributed by atoms with Crippen LogP contribution in [0.1, 0.15) is 0 Å². The second kappa shape index (κ2) is 5.39. The van der Waals surface area contributed by atoms with Gasteiger partial charge in [0.1, 0.15) is 9.76 Å². The summed E-state index contributed by atoms with van der Waals surface area (Å²) < 4.78 is 21.9. The summed E-state index contributed by atoms with van der Waals surface area (Å²) in [7, 11) is -1.62. The first-order valence-corrected chi connectivity index (χ1v) is 11.4.